The third-order valence-corrected chi connectivity index (χ3v) is 3.63. The van der Waals surface area contributed by atoms with Crippen molar-refractivity contribution >= 4 is 17.7 Å². The van der Waals surface area contributed by atoms with Crippen LogP contribution in [0.25, 0.3) is 0 Å². The molecule has 1 amide bonds. The highest BCUT2D eigenvalue weighted by Gasteiger charge is 2.32. The molecule has 1 atom stereocenters. The topological polar surface area (TPSA) is 55.1 Å². The largest absolute Gasteiger partial charge is 0.368 e. The maximum Gasteiger partial charge on any atom is 0.242 e. The van der Waals surface area contributed by atoms with Gasteiger partial charge in [0.25, 0.3) is 0 Å². The van der Waals surface area contributed by atoms with Crippen molar-refractivity contribution in [3.63, 3.8) is 0 Å². The van der Waals surface area contributed by atoms with E-state index in [0.717, 1.165) is 18.5 Å². The maximum absolute atomic E-state index is 11.6. The number of rotatable bonds is 6. The predicted octanol–water partition coefficient (Wildman–Crippen LogP) is 2.11. The molecule has 0 saturated heterocycles. The van der Waals surface area contributed by atoms with Gasteiger partial charge in [0.05, 0.1) is 0 Å². The summed E-state index contributed by atoms with van der Waals surface area (Å²) >= 11 is 1.68. The third kappa shape index (κ3) is 3.23. The average Bonchev–Trinajstić information content (AvgIpc) is 2.35. The van der Waals surface area contributed by atoms with Crippen LogP contribution in [-0.2, 0) is 10.3 Å². The minimum atomic E-state index is -0.785. The fourth-order valence-electron chi connectivity index (χ4n) is 1.63. The van der Waals surface area contributed by atoms with Crippen LogP contribution in [0.5, 0.6) is 0 Å². The molecule has 1 aromatic rings. The Morgan fingerprint density at radius 3 is 2.41 bits per heavy atom. The van der Waals surface area contributed by atoms with Crippen LogP contribution >= 0.6 is 11.8 Å². The van der Waals surface area contributed by atoms with Gasteiger partial charge in [-0.05, 0) is 43.8 Å². The summed E-state index contributed by atoms with van der Waals surface area (Å²) in [6.07, 6.45) is 2.99. The van der Waals surface area contributed by atoms with E-state index in [2.05, 4.69) is 12.2 Å². The van der Waals surface area contributed by atoms with Gasteiger partial charge in [-0.3, -0.25) is 10.1 Å². The highest BCUT2D eigenvalue weighted by molar-refractivity contribution is 7.98. The molecule has 1 rings (SSSR count). The summed E-state index contributed by atoms with van der Waals surface area (Å²) in [7, 11) is 0. The quantitative estimate of drug-likeness (QED) is 0.762. The van der Waals surface area contributed by atoms with Gasteiger partial charge in [0, 0.05) is 4.90 Å². The lowest BCUT2D eigenvalue weighted by Crippen LogP contribution is -2.50. The minimum absolute atomic E-state index is 0.345. The number of nitrogens with one attached hydrogen (secondary N) is 1. The molecule has 0 bridgehead atoms. The molecule has 0 spiro atoms. The Bertz CT molecular complexity index is 378. The number of carbonyl (C=O) groups excluding carboxylic acids is 1. The van der Waals surface area contributed by atoms with Gasteiger partial charge in [0.1, 0.15) is 5.54 Å². The Kier molecular flexibility index (Phi) is 5.02. The van der Waals surface area contributed by atoms with E-state index in [-0.39, 0.29) is 5.91 Å². The third-order valence-electron chi connectivity index (χ3n) is 2.89. The van der Waals surface area contributed by atoms with Crippen molar-refractivity contribution in [2.75, 3.05) is 12.8 Å². The monoisotopic (exact) mass is 252 g/mol. The second kappa shape index (κ2) is 6.07. The molecule has 0 heterocycles. The van der Waals surface area contributed by atoms with Crippen molar-refractivity contribution < 1.29 is 4.79 Å². The molecule has 1 aromatic carbocycles. The van der Waals surface area contributed by atoms with Gasteiger partial charge in [-0.1, -0.05) is 19.1 Å². The summed E-state index contributed by atoms with van der Waals surface area (Å²) in [4.78, 5) is 12.8. The molecule has 94 valence electrons. The number of amides is 1. The van der Waals surface area contributed by atoms with Gasteiger partial charge in [-0.2, -0.15) is 0 Å². The minimum Gasteiger partial charge on any atom is -0.368 e. The van der Waals surface area contributed by atoms with Crippen LogP contribution in [0.15, 0.2) is 29.2 Å². The number of benzene rings is 1. The SMILES string of the molecule is CCCNC(C)(C(N)=O)c1ccc(SC)cc1. The summed E-state index contributed by atoms with van der Waals surface area (Å²) in [6, 6.07) is 7.93. The number of nitrogens with two attached hydrogens (primary N) is 1. The molecule has 0 aliphatic carbocycles. The van der Waals surface area contributed by atoms with Crippen LogP contribution in [0.1, 0.15) is 25.8 Å². The molecule has 0 fully saturated rings. The molecule has 0 aliphatic heterocycles. The second-order valence-corrected chi connectivity index (χ2v) is 5.02. The Morgan fingerprint density at radius 1 is 1.41 bits per heavy atom. The molecule has 1 unspecified atom stereocenters. The molecule has 0 aliphatic rings. The Balaban J connectivity index is 3.00. The molecule has 3 N–H and O–H groups in total. The summed E-state index contributed by atoms with van der Waals surface area (Å²) in [6.45, 7) is 4.66. The van der Waals surface area contributed by atoms with E-state index in [4.69, 9.17) is 5.73 Å². The van der Waals surface area contributed by atoms with Gasteiger partial charge >= 0.3 is 0 Å². The first-order chi connectivity index (χ1) is 8.04. The lowest BCUT2D eigenvalue weighted by atomic mass is 9.91. The molecule has 4 heteroatoms. The first-order valence-corrected chi connectivity index (χ1v) is 6.96. The number of hydrogen-bond donors (Lipinski definition) is 2. The van der Waals surface area contributed by atoms with E-state index in [1.54, 1.807) is 11.8 Å². The van der Waals surface area contributed by atoms with E-state index in [9.17, 15) is 4.79 Å². The van der Waals surface area contributed by atoms with Crippen LogP contribution in [-0.4, -0.2) is 18.7 Å². The van der Waals surface area contributed by atoms with Gasteiger partial charge < -0.3 is 5.73 Å². The zero-order valence-electron chi connectivity index (χ0n) is 10.6. The van der Waals surface area contributed by atoms with Crippen LogP contribution in [0.3, 0.4) is 0 Å². The molecule has 17 heavy (non-hydrogen) atoms. The van der Waals surface area contributed by atoms with E-state index in [1.807, 2.05) is 37.4 Å². The van der Waals surface area contributed by atoms with Crippen LogP contribution in [0.4, 0.5) is 0 Å². The summed E-state index contributed by atoms with van der Waals surface area (Å²) in [5.41, 5.74) is 5.64. The molecule has 0 saturated carbocycles. The maximum atomic E-state index is 11.6. The average molecular weight is 252 g/mol. The lowest BCUT2D eigenvalue weighted by molar-refractivity contribution is -0.124. The zero-order valence-corrected chi connectivity index (χ0v) is 11.4. The van der Waals surface area contributed by atoms with Crippen molar-refractivity contribution in [2.24, 2.45) is 5.73 Å². The fraction of sp³-hybridized carbons (Fsp3) is 0.462. The van der Waals surface area contributed by atoms with Crippen molar-refractivity contribution in [3.05, 3.63) is 29.8 Å². The number of carbonyl (C=O) groups is 1. The fourth-order valence-corrected chi connectivity index (χ4v) is 2.04. The van der Waals surface area contributed by atoms with Crippen molar-refractivity contribution in [3.8, 4) is 0 Å². The molecule has 3 nitrogen and oxygen atoms in total. The van der Waals surface area contributed by atoms with Crippen LogP contribution < -0.4 is 11.1 Å². The number of primary amides is 1. The lowest BCUT2D eigenvalue weighted by Gasteiger charge is -2.28. The normalized spacial score (nSPS) is 14.3. The highest BCUT2D eigenvalue weighted by Crippen LogP contribution is 2.23. The van der Waals surface area contributed by atoms with E-state index >= 15 is 0 Å². The van der Waals surface area contributed by atoms with E-state index in [1.165, 1.54) is 4.90 Å². The Hall–Kier alpha value is -1.00. The van der Waals surface area contributed by atoms with Gasteiger partial charge in [-0.15, -0.1) is 11.8 Å². The Morgan fingerprint density at radius 2 is 2.00 bits per heavy atom. The predicted molar refractivity (Wildman–Crippen MR) is 73.1 cm³/mol. The first kappa shape index (κ1) is 14.1. The standard InChI is InChI=1S/C13H20N2OS/c1-4-9-15-13(2,12(14)16)10-5-7-11(17-3)8-6-10/h5-8,15H,4,9H2,1-3H3,(H2,14,16). The summed E-state index contributed by atoms with van der Waals surface area (Å²) < 4.78 is 0. The van der Waals surface area contributed by atoms with Crippen LogP contribution in [0, 0.1) is 0 Å². The highest BCUT2D eigenvalue weighted by atomic mass is 32.2. The molecular weight excluding hydrogens is 232 g/mol. The second-order valence-electron chi connectivity index (χ2n) is 4.14. The van der Waals surface area contributed by atoms with E-state index in [0.29, 0.717) is 0 Å². The summed E-state index contributed by atoms with van der Waals surface area (Å²) in [5.74, 6) is -0.345. The van der Waals surface area contributed by atoms with Crippen molar-refractivity contribution in [1.82, 2.24) is 5.32 Å². The summed E-state index contributed by atoms with van der Waals surface area (Å²) in [5, 5.41) is 3.22. The molecular formula is C13H20N2OS. The number of thioether (sulfide) groups is 1. The van der Waals surface area contributed by atoms with E-state index < -0.39 is 5.54 Å². The van der Waals surface area contributed by atoms with Gasteiger partial charge in [0.2, 0.25) is 5.91 Å². The first-order valence-electron chi connectivity index (χ1n) is 5.74. The van der Waals surface area contributed by atoms with Crippen molar-refractivity contribution in [1.29, 1.82) is 0 Å². The molecule has 0 radical (unpaired) electrons. The van der Waals surface area contributed by atoms with Gasteiger partial charge in [-0.25, -0.2) is 0 Å². The molecule has 0 aromatic heterocycles. The van der Waals surface area contributed by atoms with Gasteiger partial charge in [0.15, 0.2) is 0 Å². The Labute approximate surface area is 107 Å². The van der Waals surface area contributed by atoms with Crippen molar-refractivity contribution in [2.45, 2.75) is 30.7 Å². The number of hydrogen-bond acceptors (Lipinski definition) is 3. The van der Waals surface area contributed by atoms with Crippen LogP contribution in [0.2, 0.25) is 0 Å². The zero-order chi connectivity index (χ0) is 12.9. The smallest absolute Gasteiger partial charge is 0.242 e.